The van der Waals surface area contributed by atoms with E-state index in [0.29, 0.717) is 19.4 Å². The van der Waals surface area contributed by atoms with Gasteiger partial charge in [-0.2, -0.15) is 0 Å². The molecule has 0 aliphatic heterocycles. The molecule has 11 heteroatoms. The minimum absolute atomic E-state index is 0.0264. The number of nitrogens with one attached hydrogen (secondary N) is 2. The Bertz CT molecular complexity index is 859. The zero-order chi connectivity index (χ0) is 17.8. The molecular weight excluding hydrogens is 353 g/mol. The number of nitrogens with zero attached hydrogens (tertiary/aromatic N) is 3. The van der Waals surface area contributed by atoms with Crippen molar-refractivity contribution < 1.29 is 22.6 Å². The number of hydrogen-bond donors (Lipinski definition) is 4. The van der Waals surface area contributed by atoms with Crippen LogP contribution in [0.3, 0.4) is 0 Å². The molecule has 3 N–H and O–H groups in total. The summed E-state index contributed by atoms with van der Waals surface area (Å²) >= 11 is 0. The summed E-state index contributed by atoms with van der Waals surface area (Å²) in [5, 5.41) is 19.6. The molecule has 0 fully saturated rings. The SMILES string of the molecule is O=[SH](=O)CCCNc1nonc1C(=NC1Cc2ccc(F)cc21)NO. The second-order valence-corrected chi connectivity index (χ2v) is 6.56. The minimum Gasteiger partial charge on any atom is -0.365 e. The molecule has 9 nitrogen and oxygen atoms in total. The van der Waals surface area contributed by atoms with Crippen LogP contribution in [0.1, 0.15) is 29.3 Å². The Hall–Kier alpha value is -2.53. The van der Waals surface area contributed by atoms with Crippen molar-refractivity contribution in [2.45, 2.75) is 18.9 Å². The number of hydroxylamine groups is 1. The molecular formula is C14H16FN5O4S. The molecule has 25 heavy (non-hydrogen) atoms. The van der Waals surface area contributed by atoms with E-state index >= 15 is 0 Å². The Balaban J connectivity index is 1.73. The van der Waals surface area contributed by atoms with Crippen molar-refractivity contribution in [2.75, 3.05) is 17.6 Å². The molecule has 1 aromatic carbocycles. The number of rotatable bonds is 7. The molecule has 0 saturated carbocycles. The normalized spacial score (nSPS) is 16.4. The van der Waals surface area contributed by atoms with Gasteiger partial charge < -0.3 is 5.32 Å². The van der Waals surface area contributed by atoms with Crippen LogP contribution in [0.4, 0.5) is 10.2 Å². The second-order valence-electron chi connectivity index (χ2n) is 5.45. The summed E-state index contributed by atoms with van der Waals surface area (Å²) < 4.78 is 39.1. The van der Waals surface area contributed by atoms with E-state index in [1.807, 2.05) is 5.48 Å². The van der Waals surface area contributed by atoms with E-state index in [0.717, 1.165) is 11.1 Å². The summed E-state index contributed by atoms with van der Waals surface area (Å²) in [7, 11) is -2.43. The van der Waals surface area contributed by atoms with Gasteiger partial charge in [0.25, 0.3) is 0 Å². The summed E-state index contributed by atoms with van der Waals surface area (Å²) in [5.74, 6) is -0.0508. The molecule has 1 aromatic heterocycles. The number of thiol groups is 1. The smallest absolute Gasteiger partial charge is 0.202 e. The summed E-state index contributed by atoms with van der Waals surface area (Å²) in [4.78, 5) is 4.33. The Morgan fingerprint density at radius 3 is 3.04 bits per heavy atom. The van der Waals surface area contributed by atoms with Gasteiger partial charge in [-0.15, -0.1) is 0 Å². The van der Waals surface area contributed by atoms with Crippen LogP contribution in [0.15, 0.2) is 27.8 Å². The highest BCUT2D eigenvalue weighted by Crippen LogP contribution is 2.36. The van der Waals surface area contributed by atoms with Gasteiger partial charge >= 0.3 is 0 Å². The first-order chi connectivity index (χ1) is 12.1. The number of aromatic nitrogens is 2. The number of aliphatic imine (C=N–C) groups is 1. The Morgan fingerprint density at radius 1 is 1.44 bits per heavy atom. The van der Waals surface area contributed by atoms with Crippen molar-refractivity contribution in [3.63, 3.8) is 0 Å². The molecule has 0 radical (unpaired) electrons. The predicted molar refractivity (Wildman–Crippen MR) is 86.9 cm³/mol. The maximum atomic E-state index is 13.3. The van der Waals surface area contributed by atoms with E-state index in [9.17, 15) is 18.0 Å². The lowest BCUT2D eigenvalue weighted by atomic mass is 9.83. The number of benzene rings is 1. The quantitative estimate of drug-likeness (QED) is 0.184. The average molecular weight is 369 g/mol. The largest absolute Gasteiger partial charge is 0.365 e. The second kappa shape index (κ2) is 7.57. The fourth-order valence-electron chi connectivity index (χ4n) is 2.54. The summed E-state index contributed by atoms with van der Waals surface area (Å²) in [5.41, 5.74) is 3.85. The van der Waals surface area contributed by atoms with Crippen molar-refractivity contribution in [2.24, 2.45) is 4.99 Å². The van der Waals surface area contributed by atoms with Gasteiger partial charge in [0.2, 0.25) is 5.82 Å². The zero-order valence-electron chi connectivity index (χ0n) is 13.0. The van der Waals surface area contributed by atoms with E-state index in [1.165, 1.54) is 12.1 Å². The first-order valence-corrected chi connectivity index (χ1v) is 8.89. The average Bonchev–Trinajstić information content (AvgIpc) is 3.03. The number of anilines is 1. The minimum atomic E-state index is -2.43. The van der Waals surface area contributed by atoms with E-state index in [1.54, 1.807) is 6.07 Å². The number of fused-ring (bicyclic) bond motifs is 1. The Labute approximate surface area is 143 Å². The molecule has 0 saturated heterocycles. The standard InChI is InChI=1S/C14H16FN5O4S/c15-9-3-2-8-6-11(10(8)7-9)17-14(18-21)12-13(20-24-19-12)16-4-1-5-25(22)23/h2-3,7,11,21,25H,1,4-6H2,(H,16,20)(H,17,18). The molecule has 2 aromatic rings. The van der Waals surface area contributed by atoms with E-state index in [-0.39, 0.29) is 35.0 Å². The van der Waals surface area contributed by atoms with Crippen LogP contribution in [-0.2, 0) is 17.1 Å². The zero-order valence-corrected chi connectivity index (χ0v) is 13.9. The molecule has 0 amide bonds. The Morgan fingerprint density at radius 2 is 2.28 bits per heavy atom. The maximum Gasteiger partial charge on any atom is 0.202 e. The number of amidine groups is 1. The third-order valence-electron chi connectivity index (χ3n) is 3.79. The van der Waals surface area contributed by atoms with Gasteiger partial charge in [-0.05, 0) is 46.4 Å². The van der Waals surface area contributed by atoms with Crippen LogP contribution in [-0.4, -0.2) is 42.1 Å². The molecule has 3 rings (SSSR count). The fourth-order valence-corrected chi connectivity index (χ4v) is 2.95. The van der Waals surface area contributed by atoms with Crippen LogP contribution >= 0.6 is 0 Å². The molecule has 1 unspecified atom stereocenters. The van der Waals surface area contributed by atoms with E-state index in [4.69, 9.17) is 0 Å². The lowest BCUT2D eigenvalue weighted by molar-refractivity contribution is 0.232. The first-order valence-electron chi connectivity index (χ1n) is 7.53. The lowest BCUT2D eigenvalue weighted by Crippen LogP contribution is -2.26. The van der Waals surface area contributed by atoms with Gasteiger partial charge in [0.15, 0.2) is 11.5 Å². The molecule has 1 atom stereocenters. The highest BCUT2D eigenvalue weighted by Gasteiger charge is 2.28. The van der Waals surface area contributed by atoms with Gasteiger partial charge in [-0.25, -0.2) is 17.4 Å². The van der Waals surface area contributed by atoms with Crippen LogP contribution in [0.2, 0.25) is 0 Å². The van der Waals surface area contributed by atoms with E-state index in [2.05, 4.69) is 25.3 Å². The Kier molecular flexibility index (Phi) is 5.24. The van der Waals surface area contributed by atoms with Crippen LogP contribution in [0.25, 0.3) is 0 Å². The summed E-state index contributed by atoms with van der Waals surface area (Å²) in [6.45, 7) is 0.334. The summed E-state index contributed by atoms with van der Waals surface area (Å²) in [6.07, 6.45) is 1.00. The summed E-state index contributed by atoms with van der Waals surface area (Å²) in [6, 6.07) is 4.19. The molecule has 134 valence electrons. The van der Waals surface area contributed by atoms with E-state index < -0.39 is 10.7 Å². The third-order valence-corrected chi connectivity index (χ3v) is 4.48. The van der Waals surface area contributed by atoms with Gasteiger partial charge in [-0.1, -0.05) is 6.07 Å². The number of hydrogen-bond acceptors (Lipinski definition) is 8. The molecule has 0 spiro atoms. The lowest BCUT2D eigenvalue weighted by Gasteiger charge is -2.27. The van der Waals surface area contributed by atoms with Crippen molar-refractivity contribution in [1.29, 1.82) is 0 Å². The van der Waals surface area contributed by atoms with Crippen LogP contribution < -0.4 is 10.8 Å². The topological polar surface area (TPSA) is 130 Å². The van der Waals surface area contributed by atoms with Crippen molar-refractivity contribution >= 4 is 22.4 Å². The third kappa shape index (κ3) is 3.94. The van der Waals surface area contributed by atoms with Gasteiger partial charge in [0, 0.05) is 12.3 Å². The highest BCUT2D eigenvalue weighted by molar-refractivity contribution is 7.72. The van der Waals surface area contributed by atoms with Crippen molar-refractivity contribution in [3.05, 3.63) is 40.8 Å². The predicted octanol–water partition coefficient (Wildman–Crippen LogP) is 0.645. The highest BCUT2D eigenvalue weighted by atomic mass is 32.2. The molecule has 1 aliphatic rings. The maximum absolute atomic E-state index is 13.3. The molecule has 1 heterocycles. The van der Waals surface area contributed by atoms with Crippen molar-refractivity contribution in [1.82, 2.24) is 15.8 Å². The van der Waals surface area contributed by atoms with Crippen molar-refractivity contribution in [3.8, 4) is 0 Å². The first kappa shape index (κ1) is 17.3. The van der Waals surface area contributed by atoms with Crippen LogP contribution in [0, 0.1) is 5.82 Å². The number of halogens is 1. The van der Waals surface area contributed by atoms with Gasteiger partial charge in [0.05, 0.1) is 6.04 Å². The molecule has 1 aliphatic carbocycles. The fraction of sp³-hybridized carbons (Fsp3) is 0.357. The molecule has 0 bridgehead atoms. The van der Waals surface area contributed by atoms with Gasteiger partial charge in [0.1, 0.15) is 16.5 Å². The van der Waals surface area contributed by atoms with Gasteiger partial charge in [-0.3, -0.25) is 15.7 Å². The monoisotopic (exact) mass is 369 g/mol. The van der Waals surface area contributed by atoms with Crippen LogP contribution in [0.5, 0.6) is 0 Å².